The molecule has 0 fully saturated rings. The molecule has 0 aliphatic carbocycles. The van der Waals surface area contributed by atoms with Crippen LogP contribution in [-0.2, 0) is 17.9 Å². The lowest BCUT2D eigenvalue weighted by Crippen LogP contribution is -2.30. The molecule has 1 aromatic heterocycles. The van der Waals surface area contributed by atoms with Crippen LogP contribution in [-0.4, -0.2) is 17.9 Å². The first-order chi connectivity index (χ1) is 11.2. The van der Waals surface area contributed by atoms with Crippen molar-refractivity contribution < 1.29 is 9.53 Å². The molecule has 4 heteroatoms. The lowest BCUT2D eigenvalue weighted by Gasteiger charge is -2.23. The van der Waals surface area contributed by atoms with Crippen molar-refractivity contribution in [3.05, 3.63) is 63.9 Å². The smallest absolute Gasteiger partial charge is 0.249 e. The highest BCUT2D eigenvalue weighted by molar-refractivity contribution is 7.09. The zero-order valence-electron chi connectivity index (χ0n) is 13.9. The van der Waals surface area contributed by atoms with Crippen LogP contribution < -0.4 is 4.74 Å². The van der Waals surface area contributed by atoms with Crippen LogP contribution in [0.15, 0.2) is 53.4 Å². The van der Waals surface area contributed by atoms with Gasteiger partial charge < -0.3 is 9.64 Å². The Bertz CT molecular complexity index is 662. The standard InChI is InChI=1S/C19H23NO2S/c1-4-8-15(2)19(21)20(14-17-10-7-12-23-17)13-16-9-5-6-11-18(16)22-3/h5-12H,4,13-14H2,1-3H3. The highest BCUT2D eigenvalue weighted by Crippen LogP contribution is 2.22. The molecule has 0 spiro atoms. The molecule has 23 heavy (non-hydrogen) atoms. The van der Waals surface area contributed by atoms with Gasteiger partial charge in [-0.15, -0.1) is 11.3 Å². The summed E-state index contributed by atoms with van der Waals surface area (Å²) >= 11 is 1.67. The Kier molecular flexibility index (Phi) is 6.41. The molecule has 1 amide bonds. The average Bonchev–Trinajstić information content (AvgIpc) is 3.07. The summed E-state index contributed by atoms with van der Waals surface area (Å²) in [5, 5.41) is 2.04. The Morgan fingerprint density at radius 3 is 2.65 bits per heavy atom. The number of amides is 1. The van der Waals surface area contributed by atoms with E-state index in [0.717, 1.165) is 23.3 Å². The summed E-state index contributed by atoms with van der Waals surface area (Å²) in [6, 6.07) is 11.9. The summed E-state index contributed by atoms with van der Waals surface area (Å²) in [5.41, 5.74) is 1.81. The number of rotatable bonds is 7. The lowest BCUT2D eigenvalue weighted by molar-refractivity contribution is -0.128. The molecule has 0 aliphatic rings. The van der Waals surface area contributed by atoms with Crippen molar-refractivity contribution in [2.75, 3.05) is 7.11 Å². The molecule has 0 aliphatic heterocycles. The summed E-state index contributed by atoms with van der Waals surface area (Å²) in [6.45, 7) is 5.08. The molecule has 0 atom stereocenters. The highest BCUT2D eigenvalue weighted by atomic mass is 32.1. The molecule has 0 saturated heterocycles. The van der Waals surface area contributed by atoms with Crippen molar-refractivity contribution in [2.24, 2.45) is 0 Å². The minimum Gasteiger partial charge on any atom is -0.496 e. The lowest BCUT2D eigenvalue weighted by atomic mass is 10.1. The number of methoxy groups -OCH3 is 1. The molecular formula is C19H23NO2S. The Labute approximate surface area is 142 Å². The SMILES string of the molecule is CCC=C(C)C(=O)N(Cc1cccs1)Cc1ccccc1OC. The van der Waals surface area contributed by atoms with E-state index in [1.54, 1.807) is 18.4 Å². The van der Waals surface area contributed by atoms with E-state index >= 15 is 0 Å². The maximum Gasteiger partial charge on any atom is 0.249 e. The molecule has 0 N–H and O–H groups in total. The first-order valence-electron chi connectivity index (χ1n) is 7.76. The van der Waals surface area contributed by atoms with Crippen LogP contribution in [0.2, 0.25) is 0 Å². The molecule has 0 radical (unpaired) electrons. The van der Waals surface area contributed by atoms with Gasteiger partial charge in [-0.1, -0.05) is 37.3 Å². The fraction of sp³-hybridized carbons (Fsp3) is 0.316. The summed E-state index contributed by atoms with van der Waals surface area (Å²) in [6.07, 6.45) is 2.84. The van der Waals surface area contributed by atoms with E-state index in [1.807, 2.05) is 60.5 Å². The average molecular weight is 329 g/mol. The third-order valence-corrected chi connectivity index (χ3v) is 4.48. The van der Waals surface area contributed by atoms with Gasteiger partial charge in [0.1, 0.15) is 5.75 Å². The van der Waals surface area contributed by atoms with Crippen LogP contribution in [0, 0.1) is 0 Å². The van der Waals surface area contributed by atoms with Gasteiger partial charge in [-0.05, 0) is 30.9 Å². The molecule has 2 rings (SSSR count). The van der Waals surface area contributed by atoms with Crippen LogP contribution in [0.25, 0.3) is 0 Å². The monoisotopic (exact) mass is 329 g/mol. The number of nitrogens with zero attached hydrogens (tertiary/aromatic N) is 1. The summed E-state index contributed by atoms with van der Waals surface area (Å²) in [4.78, 5) is 15.8. The number of carbonyl (C=O) groups is 1. The van der Waals surface area contributed by atoms with E-state index in [-0.39, 0.29) is 5.91 Å². The predicted molar refractivity (Wildman–Crippen MR) is 95.6 cm³/mol. The molecule has 1 aromatic carbocycles. The van der Waals surface area contributed by atoms with E-state index in [9.17, 15) is 4.79 Å². The van der Waals surface area contributed by atoms with Crippen LogP contribution >= 0.6 is 11.3 Å². The third kappa shape index (κ3) is 4.70. The quantitative estimate of drug-likeness (QED) is 0.693. The number of benzene rings is 1. The number of thiophene rings is 1. The van der Waals surface area contributed by atoms with Crippen LogP contribution in [0.1, 0.15) is 30.7 Å². The van der Waals surface area contributed by atoms with Crippen LogP contribution in [0.4, 0.5) is 0 Å². The van der Waals surface area contributed by atoms with Gasteiger partial charge in [-0.3, -0.25) is 4.79 Å². The van der Waals surface area contributed by atoms with Crippen molar-refractivity contribution in [3.8, 4) is 5.75 Å². The zero-order chi connectivity index (χ0) is 16.7. The van der Waals surface area contributed by atoms with Crippen molar-refractivity contribution in [1.29, 1.82) is 0 Å². The van der Waals surface area contributed by atoms with Gasteiger partial charge in [0.15, 0.2) is 0 Å². The number of hydrogen-bond acceptors (Lipinski definition) is 3. The molecule has 2 aromatic rings. The van der Waals surface area contributed by atoms with Gasteiger partial charge in [-0.25, -0.2) is 0 Å². The first kappa shape index (κ1) is 17.3. The van der Waals surface area contributed by atoms with Gasteiger partial charge in [0.2, 0.25) is 5.91 Å². The Morgan fingerprint density at radius 1 is 1.22 bits per heavy atom. The minimum absolute atomic E-state index is 0.0751. The number of para-hydroxylation sites is 1. The summed E-state index contributed by atoms with van der Waals surface area (Å²) in [5.74, 6) is 0.889. The normalized spacial score (nSPS) is 11.3. The number of hydrogen-bond donors (Lipinski definition) is 0. The van der Waals surface area contributed by atoms with E-state index in [1.165, 1.54) is 4.88 Å². The number of ether oxygens (including phenoxy) is 1. The maximum absolute atomic E-state index is 12.8. The Hall–Kier alpha value is -2.07. The number of carbonyl (C=O) groups excluding carboxylic acids is 1. The summed E-state index contributed by atoms with van der Waals surface area (Å²) in [7, 11) is 1.66. The first-order valence-corrected chi connectivity index (χ1v) is 8.64. The molecule has 0 saturated carbocycles. The highest BCUT2D eigenvalue weighted by Gasteiger charge is 2.18. The van der Waals surface area contributed by atoms with Gasteiger partial charge in [-0.2, -0.15) is 0 Å². The van der Waals surface area contributed by atoms with Crippen molar-refractivity contribution in [1.82, 2.24) is 4.90 Å². The van der Waals surface area contributed by atoms with Crippen LogP contribution in [0.3, 0.4) is 0 Å². The zero-order valence-corrected chi connectivity index (χ0v) is 14.7. The van der Waals surface area contributed by atoms with Crippen molar-refractivity contribution in [3.63, 3.8) is 0 Å². The molecule has 0 bridgehead atoms. The van der Waals surface area contributed by atoms with E-state index in [4.69, 9.17) is 4.74 Å². The van der Waals surface area contributed by atoms with Gasteiger partial charge in [0, 0.05) is 22.6 Å². The topological polar surface area (TPSA) is 29.5 Å². The second-order valence-electron chi connectivity index (χ2n) is 5.35. The molecule has 3 nitrogen and oxygen atoms in total. The van der Waals surface area contributed by atoms with Crippen molar-refractivity contribution >= 4 is 17.2 Å². The fourth-order valence-electron chi connectivity index (χ4n) is 2.47. The molecule has 1 heterocycles. The van der Waals surface area contributed by atoms with E-state index < -0.39 is 0 Å². The summed E-state index contributed by atoms with van der Waals surface area (Å²) < 4.78 is 5.42. The second kappa shape index (κ2) is 8.53. The van der Waals surface area contributed by atoms with Crippen LogP contribution in [0.5, 0.6) is 5.75 Å². The Balaban J connectivity index is 2.25. The fourth-order valence-corrected chi connectivity index (χ4v) is 3.19. The molecule has 0 unspecified atom stereocenters. The van der Waals surface area contributed by atoms with Crippen molar-refractivity contribution in [2.45, 2.75) is 33.4 Å². The van der Waals surface area contributed by atoms with Gasteiger partial charge in [0.05, 0.1) is 13.7 Å². The molecular weight excluding hydrogens is 306 g/mol. The van der Waals surface area contributed by atoms with E-state index in [0.29, 0.717) is 13.1 Å². The second-order valence-corrected chi connectivity index (χ2v) is 6.38. The predicted octanol–water partition coefficient (Wildman–Crippen LogP) is 4.64. The van der Waals surface area contributed by atoms with E-state index in [2.05, 4.69) is 6.07 Å². The largest absolute Gasteiger partial charge is 0.496 e. The molecule has 122 valence electrons. The van der Waals surface area contributed by atoms with Gasteiger partial charge in [0.25, 0.3) is 0 Å². The third-order valence-electron chi connectivity index (χ3n) is 3.62. The number of allylic oxidation sites excluding steroid dienone is 1. The Morgan fingerprint density at radius 2 is 2.00 bits per heavy atom. The van der Waals surface area contributed by atoms with Gasteiger partial charge >= 0.3 is 0 Å². The maximum atomic E-state index is 12.8. The minimum atomic E-state index is 0.0751.